The van der Waals surface area contributed by atoms with Crippen molar-refractivity contribution in [2.75, 3.05) is 6.54 Å². The van der Waals surface area contributed by atoms with Gasteiger partial charge in [0.1, 0.15) is 5.82 Å². The molecule has 3 aromatic rings. The first-order valence-corrected chi connectivity index (χ1v) is 12.0. The zero-order valence-corrected chi connectivity index (χ0v) is 18.6. The average molecular weight is 453 g/mol. The summed E-state index contributed by atoms with van der Waals surface area (Å²) in [6.07, 6.45) is 0.533. The molecule has 1 aliphatic rings. The Hall–Kier alpha value is -3.03. The van der Waals surface area contributed by atoms with Crippen LogP contribution in [0.2, 0.25) is 0 Å². The van der Waals surface area contributed by atoms with E-state index in [1.807, 2.05) is 31.2 Å². The molecule has 7 heteroatoms. The molecular weight excluding hydrogens is 427 g/mol. The van der Waals surface area contributed by atoms with Crippen molar-refractivity contribution < 1.29 is 17.6 Å². The van der Waals surface area contributed by atoms with Crippen molar-refractivity contribution in [2.45, 2.75) is 37.2 Å². The Kier molecular flexibility index (Phi) is 6.39. The lowest BCUT2D eigenvalue weighted by Crippen LogP contribution is -2.42. The minimum atomic E-state index is -3.80. The number of nitrogens with one attached hydrogen (secondary N) is 1. The first kappa shape index (κ1) is 22.2. The van der Waals surface area contributed by atoms with Crippen molar-refractivity contribution in [3.05, 3.63) is 101 Å². The summed E-state index contributed by atoms with van der Waals surface area (Å²) in [7, 11) is -3.80. The molecule has 1 N–H and O–H groups in total. The van der Waals surface area contributed by atoms with Crippen molar-refractivity contribution in [2.24, 2.45) is 0 Å². The van der Waals surface area contributed by atoms with Crippen LogP contribution in [0.3, 0.4) is 0 Å². The Morgan fingerprint density at radius 2 is 1.72 bits per heavy atom. The topological polar surface area (TPSA) is 66.5 Å². The Morgan fingerprint density at radius 1 is 1.03 bits per heavy atom. The molecule has 5 nitrogen and oxygen atoms in total. The van der Waals surface area contributed by atoms with E-state index < -0.39 is 16.1 Å². The number of benzene rings is 3. The van der Waals surface area contributed by atoms with Gasteiger partial charge in [-0.1, -0.05) is 60.2 Å². The van der Waals surface area contributed by atoms with Gasteiger partial charge in [-0.15, -0.1) is 0 Å². The van der Waals surface area contributed by atoms with Gasteiger partial charge in [0.05, 0.1) is 10.9 Å². The number of carbonyl (C=O) groups excluding carboxylic acids is 1. The van der Waals surface area contributed by atoms with Crippen LogP contribution in [0.4, 0.5) is 4.39 Å². The molecule has 0 saturated heterocycles. The minimum Gasteiger partial charge on any atom is -0.352 e. The maximum absolute atomic E-state index is 13.9. The molecule has 1 amide bonds. The highest BCUT2D eigenvalue weighted by Gasteiger charge is 2.37. The van der Waals surface area contributed by atoms with Gasteiger partial charge in [0.2, 0.25) is 15.9 Å². The van der Waals surface area contributed by atoms with Gasteiger partial charge in [-0.25, -0.2) is 12.8 Å². The maximum atomic E-state index is 13.9. The van der Waals surface area contributed by atoms with Crippen LogP contribution in [0.15, 0.2) is 77.7 Å². The molecule has 1 heterocycles. The minimum absolute atomic E-state index is 0.0451. The van der Waals surface area contributed by atoms with Gasteiger partial charge in [0, 0.05) is 25.1 Å². The Balaban J connectivity index is 1.60. The summed E-state index contributed by atoms with van der Waals surface area (Å²) in [6.45, 7) is 2.24. The van der Waals surface area contributed by atoms with Crippen LogP contribution < -0.4 is 5.32 Å². The zero-order chi connectivity index (χ0) is 22.7. The van der Waals surface area contributed by atoms with Crippen LogP contribution in [0.5, 0.6) is 0 Å². The number of amides is 1. The van der Waals surface area contributed by atoms with Gasteiger partial charge >= 0.3 is 0 Å². The summed E-state index contributed by atoms with van der Waals surface area (Å²) in [5, 5.41) is 2.74. The van der Waals surface area contributed by atoms with E-state index in [4.69, 9.17) is 0 Å². The third-order valence-electron chi connectivity index (χ3n) is 5.80. The molecule has 0 aromatic heterocycles. The third-order valence-corrected chi connectivity index (χ3v) is 7.73. The normalized spacial score (nSPS) is 16.4. The summed E-state index contributed by atoms with van der Waals surface area (Å²) in [4.78, 5) is 13.0. The van der Waals surface area contributed by atoms with Crippen molar-refractivity contribution >= 4 is 15.9 Å². The second kappa shape index (κ2) is 9.22. The van der Waals surface area contributed by atoms with E-state index in [0.29, 0.717) is 18.5 Å². The molecule has 166 valence electrons. The van der Waals surface area contributed by atoms with Gasteiger partial charge in [-0.2, -0.15) is 4.31 Å². The van der Waals surface area contributed by atoms with Crippen LogP contribution in [-0.4, -0.2) is 25.2 Å². The fourth-order valence-corrected chi connectivity index (χ4v) is 5.66. The molecule has 1 unspecified atom stereocenters. The number of nitrogens with zero attached hydrogens (tertiary/aromatic N) is 1. The van der Waals surface area contributed by atoms with Crippen LogP contribution in [0.25, 0.3) is 0 Å². The Labute approximate surface area is 187 Å². The van der Waals surface area contributed by atoms with Crippen molar-refractivity contribution in [1.29, 1.82) is 0 Å². The highest BCUT2D eigenvalue weighted by Crippen LogP contribution is 2.36. The zero-order valence-electron chi connectivity index (χ0n) is 17.8. The Morgan fingerprint density at radius 3 is 2.47 bits per heavy atom. The highest BCUT2D eigenvalue weighted by atomic mass is 32.2. The molecule has 32 heavy (non-hydrogen) atoms. The largest absolute Gasteiger partial charge is 0.352 e. The van der Waals surface area contributed by atoms with E-state index in [1.165, 1.54) is 10.4 Å². The van der Waals surface area contributed by atoms with Gasteiger partial charge in [0.15, 0.2) is 0 Å². The monoisotopic (exact) mass is 452 g/mol. The maximum Gasteiger partial charge on any atom is 0.243 e. The fourth-order valence-electron chi connectivity index (χ4n) is 4.06. The van der Waals surface area contributed by atoms with Crippen LogP contribution in [-0.2, 0) is 27.8 Å². The van der Waals surface area contributed by atoms with E-state index in [2.05, 4.69) is 5.32 Å². The molecule has 0 saturated carbocycles. The lowest BCUT2D eigenvalue weighted by atomic mass is 9.92. The second-order valence-corrected chi connectivity index (χ2v) is 9.86. The second-order valence-electron chi connectivity index (χ2n) is 7.97. The summed E-state index contributed by atoms with van der Waals surface area (Å²) >= 11 is 0. The number of halogens is 1. The molecule has 0 spiro atoms. The van der Waals surface area contributed by atoms with Gasteiger partial charge in [0.25, 0.3) is 0 Å². The lowest BCUT2D eigenvalue weighted by molar-refractivity contribution is -0.122. The molecule has 0 bridgehead atoms. The van der Waals surface area contributed by atoms with E-state index in [9.17, 15) is 17.6 Å². The summed E-state index contributed by atoms with van der Waals surface area (Å²) < 4.78 is 42.2. The van der Waals surface area contributed by atoms with Crippen LogP contribution in [0, 0.1) is 12.7 Å². The van der Waals surface area contributed by atoms with E-state index in [-0.39, 0.29) is 29.6 Å². The molecule has 0 fully saturated rings. The first-order chi connectivity index (χ1) is 15.4. The number of sulfonamides is 1. The van der Waals surface area contributed by atoms with Crippen LogP contribution >= 0.6 is 0 Å². The summed E-state index contributed by atoms with van der Waals surface area (Å²) in [6, 6.07) is 20.0. The SMILES string of the molecule is Cc1ccc(S(=O)(=O)N2CCc3ccccc3C2CC(=O)NCc2ccccc2F)cc1. The Bertz CT molecular complexity index is 1230. The van der Waals surface area contributed by atoms with Gasteiger partial charge in [-0.3, -0.25) is 4.79 Å². The molecule has 3 aromatic carbocycles. The molecule has 0 aliphatic carbocycles. The number of fused-ring (bicyclic) bond motifs is 1. The summed E-state index contributed by atoms with van der Waals surface area (Å²) in [5.74, 6) is -0.724. The smallest absolute Gasteiger partial charge is 0.243 e. The van der Waals surface area contributed by atoms with Gasteiger partial charge in [-0.05, 0) is 42.7 Å². The quantitative estimate of drug-likeness (QED) is 0.612. The average Bonchev–Trinajstić information content (AvgIpc) is 2.79. The number of rotatable bonds is 6. The number of hydrogen-bond acceptors (Lipinski definition) is 3. The predicted molar refractivity (Wildman–Crippen MR) is 121 cm³/mol. The summed E-state index contributed by atoms with van der Waals surface area (Å²) in [5.41, 5.74) is 3.22. The molecular formula is C25H25FN2O3S. The molecule has 0 radical (unpaired) electrons. The number of hydrogen-bond donors (Lipinski definition) is 1. The number of aryl methyl sites for hydroxylation is 1. The standard InChI is InChI=1S/C25H25FN2O3S/c1-18-10-12-21(13-11-18)32(30,31)28-15-14-19-6-2-4-8-22(19)24(28)16-25(29)27-17-20-7-3-5-9-23(20)26/h2-13,24H,14-17H2,1H3,(H,27,29). The molecule has 1 aliphatic heterocycles. The molecule has 4 rings (SSSR count). The molecule has 1 atom stereocenters. The van der Waals surface area contributed by atoms with Crippen molar-refractivity contribution in [1.82, 2.24) is 9.62 Å². The van der Waals surface area contributed by atoms with E-state index in [1.54, 1.807) is 42.5 Å². The van der Waals surface area contributed by atoms with E-state index >= 15 is 0 Å². The van der Waals surface area contributed by atoms with Crippen LogP contribution in [0.1, 0.15) is 34.7 Å². The third kappa shape index (κ3) is 4.59. The van der Waals surface area contributed by atoms with Crippen molar-refractivity contribution in [3.63, 3.8) is 0 Å². The lowest BCUT2D eigenvalue weighted by Gasteiger charge is -2.36. The fraction of sp³-hybridized carbons (Fsp3) is 0.240. The number of carbonyl (C=O) groups is 1. The van der Waals surface area contributed by atoms with Crippen molar-refractivity contribution in [3.8, 4) is 0 Å². The highest BCUT2D eigenvalue weighted by molar-refractivity contribution is 7.89. The van der Waals surface area contributed by atoms with Gasteiger partial charge < -0.3 is 5.32 Å². The van der Waals surface area contributed by atoms with E-state index in [0.717, 1.165) is 16.7 Å². The first-order valence-electron chi connectivity index (χ1n) is 10.5. The predicted octanol–water partition coefficient (Wildman–Crippen LogP) is 4.13.